The molecule has 0 radical (unpaired) electrons. The van der Waals surface area contributed by atoms with Crippen LogP contribution >= 0.6 is 15.9 Å². The van der Waals surface area contributed by atoms with Gasteiger partial charge in [-0.05, 0) is 48.3 Å². The molecule has 1 aliphatic rings. The SMILES string of the molecule is CCC1CNC(C)(C)CN1c1ccccc1Br. The Hall–Kier alpha value is -0.540. The van der Waals surface area contributed by atoms with Crippen molar-refractivity contribution in [3.63, 3.8) is 0 Å². The number of halogens is 1. The summed E-state index contributed by atoms with van der Waals surface area (Å²) in [6.45, 7) is 8.90. The van der Waals surface area contributed by atoms with Gasteiger partial charge < -0.3 is 10.2 Å². The van der Waals surface area contributed by atoms with Crippen LogP contribution in [0.4, 0.5) is 5.69 Å². The number of hydrogen-bond acceptors (Lipinski definition) is 2. The Kier molecular flexibility index (Phi) is 3.79. The molecule has 0 aromatic heterocycles. The van der Waals surface area contributed by atoms with Crippen LogP contribution in [-0.4, -0.2) is 24.7 Å². The molecule has 0 aliphatic carbocycles. The van der Waals surface area contributed by atoms with E-state index in [0.717, 1.165) is 13.1 Å². The highest BCUT2D eigenvalue weighted by atomic mass is 79.9. The third-order valence-electron chi connectivity index (χ3n) is 3.46. The van der Waals surface area contributed by atoms with Gasteiger partial charge in [0.1, 0.15) is 0 Å². The van der Waals surface area contributed by atoms with Crippen molar-refractivity contribution in [2.75, 3.05) is 18.0 Å². The second-order valence-corrected chi connectivity index (χ2v) is 6.26. The molecule has 0 bridgehead atoms. The zero-order valence-electron chi connectivity index (χ0n) is 10.8. The van der Waals surface area contributed by atoms with E-state index in [0.29, 0.717) is 6.04 Å². The van der Waals surface area contributed by atoms with Crippen LogP contribution in [0, 0.1) is 0 Å². The number of nitrogens with one attached hydrogen (secondary N) is 1. The van der Waals surface area contributed by atoms with E-state index >= 15 is 0 Å². The van der Waals surface area contributed by atoms with Crippen molar-refractivity contribution in [1.29, 1.82) is 0 Å². The molecule has 94 valence electrons. The average molecular weight is 297 g/mol. The predicted octanol–water partition coefficient (Wildman–Crippen LogP) is 3.42. The molecule has 1 N–H and O–H groups in total. The molecule has 1 unspecified atom stereocenters. The Morgan fingerprint density at radius 3 is 2.76 bits per heavy atom. The summed E-state index contributed by atoms with van der Waals surface area (Å²) in [4.78, 5) is 2.53. The summed E-state index contributed by atoms with van der Waals surface area (Å²) in [5.41, 5.74) is 1.50. The minimum atomic E-state index is 0.181. The molecule has 2 nitrogen and oxygen atoms in total. The average Bonchev–Trinajstić information content (AvgIpc) is 2.28. The molecule has 1 atom stereocenters. The van der Waals surface area contributed by atoms with E-state index in [1.807, 2.05) is 0 Å². The van der Waals surface area contributed by atoms with Crippen LogP contribution in [0.2, 0.25) is 0 Å². The molecule has 3 heteroatoms. The molecule has 0 spiro atoms. The maximum absolute atomic E-state index is 3.66. The van der Waals surface area contributed by atoms with Crippen molar-refractivity contribution in [2.24, 2.45) is 0 Å². The molecule has 1 heterocycles. The van der Waals surface area contributed by atoms with Crippen LogP contribution in [0.25, 0.3) is 0 Å². The van der Waals surface area contributed by atoms with Gasteiger partial charge in [-0.1, -0.05) is 19.1 Å². The highest BCUT2D eigenvalue weighted by Gasteiger charge is 2.32. The summed E-state index contributed by atoms with van der Waals surface area (Å²) in [5, 5.41) is 3.62. The minimum absolute atomic E-state index is 0.181. The van der Waals surface area contributed by atoms with Crippen molar-refractivity contribution in [3.05, 3.63) is 28.7 Å². The van der Waals surface area contributed by atoms with Crippen LogP contribution in [0.5, 0.6) is 0 Å². The Bertz CT molecular complexity index is 390. The summed E-state index contributed by atoms with van der Waals surface area (Å²) in [6.07, 6.45) is 1.17. The molecule has 0 amide bonds. The fourth-order valence-electron chi connectivity index (χ4n) is 2.45. The number of anilines is 1. The van der Waals surface area contributed by atoms with Crippen LogP contribution in [0.1, 0.15) is 27.2 Å². The van der Waals surface area contributed by atoms with E-state index in [2.05, 4.69) is 71.2 Å². The smallest absolute Gasteiger partial charge is 0.0514 e. The van der Waals surface area contributed by atoms with E-state index in [1.54, 1.807) is 0 Å². The second-order valence-electron chi connectivity index (χ2n) is 5.41. The fourth-order valence-corrected chi connectivity index (χ4v) is 2.96. The lowest BCUT2D eigenvalue weighted by atomic mass is 9.97. The van der Waals surface area contributed by atoms with E-state index in [4.69, 9.17) is 0 Å². The van der Waals surface area contributed by atoms with Crippen LogP contribution in [-0.2, 0) is 0 Å². The summed E-state index contributed by atoms with van der Waals surface area (Å²) in [5.74, 6) is 0. The van der Waals surface area contributed by atoms with E-state index in [1.165, 1.54) is 16.6 Å². The van der Waals surface area contributed by atoms with Gasteiger partial charge in [-0.25, -0.2) is 0 Å². The van der Waals surface area contributed by atoms with E-state index in [9.17, 15) is 0 Å². The van der Waals surface area contributed by atoms with Crippen LogP contribution in [0.3, 0.4) is 0 Å². The van der Waals surface area contributed by atoms with Gasteiger partial charge in [0, 0.05) is 29.1 Å². The van der Waals surface area contributed by atoms with Gasteiger partial charge in [-0.2, -0.15) is 0 Å². The Balaban J connectivity index is 2.30. The van der Waals surface area contributed by atoms with Gasteiger partial charge in [-0.3, -0.25) is 0 Å². The first kappa shape index (κ1) is 12.9. The van der Waals surface area contributed by atoms with Gasteiger partial charge in [0.25, 0.3) is 0 Å². The van der Waals surface area contributed by atoms with Crippen LogP contribution in [0.15, 0.2) is 28.7 Å². The first-order chi connectivity index (χ1) is 8.03. The normalized spacial score (nSPS) is 23.8. The quantitative estimate of drug-likeness (QED) is 0.900. The number of piperazine rings is 1. The zero-order chi connectivity index (χ0) is 12.5. The lowest BCUT2D eigenvalue weighted by molar-refractivity contribution is 0.306. The Labute approximate surface area is 113 Å². The van der Waals surface area contributed by atoms with Crippen molar-refractivity contribution in [3.8, 4) is 0 Å². The molecule has 17 heavy (non-hydrogen) atoms. The largest absolute Gasteiger partial charge is 0.365 e. The summed E-state index contributed by atoms with van der Waals surface area (Å²) in [6, 6.07) is 9.09. The molecule has 1 aliphatic heterocycles. The predicted molar refractivity (Wildman–Crippen MR) is 77.6 cm³/mol. The minimum Gasteiger partial charge on any atom is -0.365 e. The Morgan fingerprint density at radius 1 is 1.41 bits per heavy atom. The lowest BCUT2D eigenvalue weighted by Crippen LogP contribution is -2.61. The van der Waals surface area contributed by atoms with E-state index in [-0.39, 0.29) is 5.54 Å². The van der Waals surface area contributed by atoms with Crippen molar-refractivity contribution in [2.45, 2.75) is 38.8 Å². The second kappa shape index (κ2) is 4.99. The maximum atomic E-state index is 3.66. The van der Waals surface area contributed by atoms with Crippen molar-refractivity contribution >= 4 is 21.6 Å². The third kappa shape index (κ3) is 2.83. The van der Waals surface area contributed by atoms with Crippen molar-refractivity contribution in [1.82, 2.24) is 5.32 Å². The number of benzene rings is 1. The number of nitrogens with zero attached hydrogens (tertiary/aromatic N) is 1. The molecule has 2 rings (SSSR count). The zero-order valence-corrected chi connectivity index (χ0v) is 12.4. The first-order valence-electron chi connectivity index (χ1n) is 6.30. The molecule has 1 aromatic carbocycles. The Morgan fingerprint density at radius 2 is 2.12 bits per heavy atom. The molecule has 1 aromatic rings. The summed E-state index contributed by atoms with van der Waals surface area (Å²) in [7, 11) is 0. The maximum Gasteiger partial charge on any atom is 0.0514 e. The molecule has 0 saturated carbocycles. The van der Waals surface area contributed by atoms with Gasteiger partial charge in [0.15, 0.2) is 0 Å². The standard InChI is InChI=1S/C14H21BrN2/c1-4-11-9-16-14(2,3)10-17(11)13-8-6-5-7-12(13)15/h5-8,11,16H,4,9-10H2,1-3H3. The molecule has 1 saturated heterocycles. The van der Waals surface area contributed by atoms with Gasteiger partial charge in [0.05, 0.1) is 5.69 Å². The fraction of sp³-hybridized carbons (Fsp3) is 0.571. The van der Waals surface area contributed by atoms with Crippen LogP contribution < -0.4 is 10.2 Å². The molecule has 1 fully saturated rings. The van der Waals surface area contributed by atoms with Gasteiger partial charge in [-0.15, -0.1) is 0 Å². The van der Waals surface area contributed by atoms with E-state index < -0.39 is 0 Å². The topological polar surface area (TPSA) is 15.3 Å². The number of rotatable bonds is 2. The lowest BCUT2D eigenvalue weighted by Gasteiger charge is -2.46. The first-order valence-corrected chi connectivity index (χ1v) is 7.09. The summed E-state index contributed by atoms with van der Waals surface area (Å²) < 4.78 is 1.19. The summed E-state index contributed by atoms with van der Waals surface area (Å²) >= 11 is 3.66. The van der Waals surface area contributed by atoms with Gasteiger partial charge in [0.2, 0.25) is 0 Å². The number of para-hydroxylation sites is 1. The monoisotopic (exact) mass is 296 g/mol. The molecular weight excluding hydrogens is 276 g/mol. The number of hydrogen-bond donors (Lipinski definition) is 1. The third-order valence-corrected chi connectivity index (χ3v) is 4.13. The van der Waals surface area contributed by atoms with Crippen molar-refractivity contribution < 1.29 is 0 Å². The molecular formula is C14H21BrN2. The van der Waals surface area contributed by atoms with Gasteiger partial charge >= 0.3 is 0 Å². The highest BCUT2D eigenvalue weighted by Crippen LogP contribution is 2.31. The highest BCUT2D eigenvalue weighted by molar-refractivity contribution is 9.10.